The van der Waals surface area contributed by atoms with Gasteiger partial charge in [-0.25, -0.2) is 22.8 Å². The summed E-state index contributed by atoms with van der Waals surface area (Å²) in [7, 11) is -3.50. The molecule has 3 rings (SSSR count). The molecule has 0 radical (unpaired) electrons. The minimum absolute atomic E-state index is 0.000753. The molecule has 10 heteroatoms. The lowest BCUT2D eigenvalue weighted by molar-refractivity contribution is 0.102. The minimum atomic E-state index is -3.50. The van der Waals surface area contributed by atoms with Gasteiger partial charge in [0.05, 0.1) is 26.9 Å². The van der Waals surface area contributed by atoms with Gasteiger partial charge in [-0.2, -0.15) is 0 Å². The van der Waals surface area contributed by atoms with E-state index < -0.39 is 21.6 Å². The first kappa shape index (κ1) is 21.2. The second kappa shape index (κ2) is 8.44. The van der Waals surface area contributed by atoms with E-state index in [0.717, 1.165) is 12.3 Å². The summed E-state index contributed by atoms with van der Waals surface area (Å²) in [5.74, 6) is -1.41. The van der Waals surface area contributed by atoms with Crippen LogP contribution in [0.3, 0.4) is 0 Å². The molecule has 1 aromatic heterocycles. The minimum Gasteiger partial charge on any atom is -0.318 e. The topological polar surface area (TPSA) is 89.0 Å². The van der Waals surface area contributed by atoms with Gasteiger partial charge >= 0.3 is 0 Å². The number of amides is 1. The molecule has 150 valence electrons. The summed E-state index contributed by atoms with van der Waals surface area (Å²) >= 11 is 11.8. The van der Waals surface area contributed by atoms with Gasteiger partial charge in [0.25, 0.3) is 5.91 Å². The van der Waals surface area contributed by atoms with E-state index >= 15 is 0 Å². The highest BCUT2D eigenvalue weighted by Gasteiger charge is 2.20. The maximum absolute atomic E-state index is 14.0. The SMILES string of the molecule is CS(=O)(=O)c1ccccc1Cc1nc(Cl)ncc1C(=O)Nc1c(F)cccc1Cl. The maximum atomic E-state index is 14.0. The van der Waals surface area contributed by atoms with Crippen molar-refractivity contribution in [2.45, 2.75) is 11.3 Å². The highest BCUT2D eigenvalue weighted by Crippen LogP contribution is 2.26. The van der Waals surface area contributed by atoms with Crippen LogP contribution in [0.5, 0.6) is 0 Å². The standard InChI is InChI=1S/C19H14Cl2FN3O3S/c1-29(27,28)16-8-3-2-5-11(16)9-15-12(10-23-19(21)24-15)18(26)25-17-13(20)6-4-7-14(17)22/h2-8,10H,9H2,1H3,(H,25,26). The molecule has 3 aromatic rings. The van der Waals surface area contributed by atoms with Crippen LogP contribution in [0.15, 0.2) is 53.6 Å². The molecule has 0 atom stereocenters. The predicted octanol–water partition coefficient (Wildman–Crippen LogP) is 4.17. The van der Waals surface area contributed by atoms with Gasteiger partial charge in [0.1, 0.15) is 5.82 Å². The second-order valence-corrected chi connectivity index (χ2v) is 8.84. The molecule has 0 saturated heterocycles. The molecule has 0 bridgehead atoms. The monoisotopic (exact) mass is 453 g/mol. The number of rotatable bonds is 5. The molecule has 6 nitrogen and oxygen atoms in total. The van der Waals surface area contributed by atoms with Gasteiger partial charge in [-0.05, 0) is 35.4 Å². The van der Waals surface area contributed by atoms with E-state index in [1.807, 2.05) is 0 Å². The summed E-state index contributed by atoms with van der Waals surface area (Å²) in [5, 5.41) is 2.31. The van der Waals surface area contributed by atoms with E-state index in [0.29, 0.717) is 5.56 Å². The van der Waals surface area contributed by atoms with E-state index in [9.17, 15) is 17.6 Å². The van der Waals surface area contributed by atoms with Crippen molar-refractivity contribution in [3.8, 4) is 0 Å². The second-order valence-electron chi connectivity index (χ2n) is 6.11. The zero-order valence-corrected chi connectivity index (χ0v) is 17.3. The number of nitrogens with zero attached hydrogens (tertiary/aromatic N) is 2. The number of aromatic nitrogens is 2. The molecule has 1 amide bonds. The van der Waals surface area contributed by atoms with Crippen LogP contribution in [-0.4, -0.2) is 30.5 Å². The van der Waals surface area contributed by atoms with Gasteiger partial charge in [0.2, 0.25) is 5.28 Å². The van der Waals surface area contributed by atoms with Crippen LogP contribution in [0.1, 0.15) is 21.6 Å². The van der Waals surface area contributed by atoms with Crippen molar-refractivity contribution < 1.29 is 17.6 Å². The van der Waals surface area contributed by atoms with Crippen molar-refractivity contribution in [2.24, 2.45) is 0 Å². The summed E-state index contributed by atoms with van der Waals surface area (Å²) in [4.78, 5) is 20.7. The number of sulfone groups is 1. The Kier molecular flexibility index (Phi) is 6.16. The first-order valence-electron chi connectivity index (χ1n) is 8.21. The summed E-state index contributed by atoms with van der Waals surface area (Å²) in [5.41, 5.74) is 0.447. The lowest BCUT2D eigenvalue weighted by Gasteiger charge is -2.12. The van der Waals surface area contributed by atoms with Gasteiger partial charge < -0.3 is 5.32 Å². The molecule has 0 aliphatic carbocycles. The molecular formula is C19H14Cl2FN3O3S. The molecule has 0 aliphatic rings. The average molecular weight is 454 g/mol. The number of hydrogen-bond donors (Lipinski definition) is 1. The molecule has 1 N–H and O–H groups in total. The third kappa shape index (κ3) is 4.90. The third-order valence-corrected chi connectivity index (χ3v) is 5.71. The summed E-state index contributed by atoms with van der Waals surface area (Å²) in [6.45, 7) is 0. The number of anilines is 1. The van der Waals surface area contributed by atoms with Crippen LogP contribution in [0.4, 0.5) is 10.1 Å². The van der Waals surface area contributed by atoms with Crippen molar-refractivity contribution in [3.05, 3.63) is 81.6 Å². The first-order chi connectivity index (χ1) is 13.7. The molecule has 0 spiro atoms. The first-order valence-corrected chi connectivity index (χ1v) is 10.9. The van der Waals surface area contributed by atoms with E-state index in [2.05, 4.69) is 15.3 Å². The molecule has 29 heavy (non-hydrogen) atoms. The predicted molar refractivity (Wildman–Crippen MR) is 109 cm³/mol. The highest BCUT2D eigenvalue weighted by molar-refractivity contribution is 7.90. The van der Waals surface area contributed by atoms with Crippen LogP contribution < -0.4 is 5.32 Å². The van der Waals surface area contributed by atoms with E-state index in [1.165, 1.54) is 24.4 Å². The molecule has 0 fully saturated rings. The number of hydrogen-bond acceptors (Lipinski definition) is 5. The maximum Gasteiger partial charge on any atom is 0.259 e. The number of carbonyl (C=O) groups is 1. The van der Waals surface area contributed by atoms with Gasteiger partial charge in [-0.3, -0.25) is 4.79 Å². The van der Waals surface area contributed by atoms with E-state index in [1.54, 1.807) is 18.2 Å². The molecule has 2 aromatic carbocycles. The molecule has 0 unspecified atom stereocenters. The number of carbonyl (C=O) groups excluding carboxylic acids is 1. The van der Waals surface area contributed by atoms with Crippen LogP contribution in [-0.2, 0) is 16.3 Å². The molecule has 0 saturated carbocycles. The Morgan fingerprint density at radius 3 is 2.55 bits per heavy atom. The number of benzene rings is 2. The smallest absolute Gasteiger partial charge is 0.259 e. The van der Waals surface area contributed by atoms with Gasteiger partial charge in [0, 0.05) is 18.9 Å². The Morgan fingerprint density at radius 1 is 1.14 bits per heavy atom. The van der Waals surface area contributed by atoms with E-state index in [4.69, 9.17) is 23.2 Å². The van der Waals surface area contributed by atoms with Crippen LogP contribution >= 0.6 is 23.2 Å². The summed E-state index contributed by atoms with van der Waals surface area (Å²) in [6, 6.07) is 10.3. The Bertz CT molecular complexity index is 1180. The Hall–Kier alpha value is -2.55. The molecule has 0 aliphatic heterocycles. The highest BCUT2D eigenvalue weighted by atomic mass is 35.5. The van der Waals surface area contributed by atoms with Crippen LogP contribution in [0.2, 0.25) is 10.3 Å². The van der Waals surface area contributed by atoms with Crippen LogP contribution in [0, 0.1) is 5.82 Å². The summed E-state index contributed by atoms with van der Waals surface area (Å²) < 4.78 is 38.1. The molecular weight excluding hydrogens is 440 g/mol. The van der Waals surface area contributed by atoms with Crippen LogP contribution in [0.25, 0.3) is 0 Å². The fraction of sp³-hybridized carbons (Fsp3) is 0.105. The fourth-order valence-electron chi connectivity index (χ4n) is 2.71. The Morgan fingerprint density at radius 2 is 1.86 bits per heavy atom. The lowest BCUT2D eigenvalue weighted by Crippen LogP contribution is -2.17. The van der Waals surface area contributed by atoms with Crippen molar-refractivity contribution in [2.75, 3.05) is 11.6 Å². The largest absolute Gasteiger partial charge is 0.318 e. The normalized spacial score (nSPS) is 11.3. The Balaban J connectivity index is 2.01. The quantitative estimate of drug-likeness (QED) is 0.585. The van der Waals surface area contributed by atoms with Gasteiger partial charge in [-0.1, -0.05) is 35.9 Å². The zero-order chi connectivity index (χ0) is 21.2. The van der Waals surface area contributed by atoms with Crippen molar-refractivity contribution in [1.29, 1.82) is 0 Å². The lowest BCUT2D eigenvalue weighted by atomic mass is 10.1. The third-order valence-electron chi connectivity index (χ3n) is 4.01. The number of para-hydroxylation sites is 1. The average Bonchev–Trinajstić information content (AvgIpc) is 2.64. The van der Waals surface area contributed by atoms with Crippen molar-refractivity contribution in [3.63, 3.8) is 0 Å². The van der Waals surface area contributed by atoms with E-state index in [-0.39, 0.29) is 38.6 Å². The van der Waals surface area contributed by atoms with Crippen molar-refractivity contribution in [1.82, 2.24) is 9.97 Å². The Labute approximate surface area is 176 Å². The fourth-order valence-corrected chi connectivity index (χ4v) is 4.01. The van der Waals surface area contributed by atoms with Gasteiger partial charge in [0.15, 0.2) is 9.84 Å². The summed E-state index contributed by atoms with van der Waals surface area (Å²) in [6.07, 6.45) is 2.28. The van der Waals surface area contributed by atoms with Crippen molar-refractivity contribution >= 4 is 44.6 Å². The number of nitrogens with one attached hydrogen (secondary N) is 1. The molecule has 1 heterocycles. The zero-order valence-electron chi connectivity index (χ0n) is 15.0. The van der Waals surface area contributed by atoms with Gasteiger partial charge in [-0.15, -0.1) is 0 Å². The number of halogens is 3.